The first-order chi connectivity index (χ1) is 15.7. The summed E-state index contributed by atoms with van der Waals surface area (Å²) in [6, 6.07) is 23.7. The number of nitrogens with one attached hydrogen (secondary N) is 1. The number of aromatic hydroxyl groups is 1. The largest absolute Gasteiger partial charge is 0.508 e. The zero-order valence-electron chi connectivity index (χ0n) is 18.3. The molecule has 0 unspecified atom stereocenters. The molecule has 0 spiro atoms. The number of phenolic OH excluding ortho intramolecular Hbond substituents is 1. The highest BCUT2D eigenvalue weighted by molar-refractivity contribution is 5.95. The number of phenols is 1. The van der Waals surface area contributed by atoms with Gasteiger partial charge in [0.15, 0.2) is 0 Å². The average molecular weight is 427 g/mol. The maximum atomic E-state index is 12.8. The number of amides is 1. The van der Waals surface area contributed by atoms with E-state index in [2.05, 4.69) is 34.5 Å². The molecule has 0 fully saturated rings. The van der Waals surface area contributed by atoms with Crippen molar-refractivity contribution in [3.8, 4) is 5.75 Å². The zero-order chi connectivity index (χ0) is 22.2. The van der Waals surface area contributed by atoms with Crippen LogP contribution in [0.15, 0.2) is 78.9 Å². The van der Waals surface area contributed by atoms with Gasteiger partial charge in [-0.3, -0.25) is 9.69 Å². The van der Waals surface area contributed by atoms with Crippen LogP contribution in [-0.2, 0) is 19.4 Å². The van der Waals surface area contributed by atoms with Gasteiger partial charge in [-0.25, -0.2) is 0 Å². The molecule has 2 N–H and O–H groups in total. The summed E-state index contributed by atoms with van der Waals surface area (Å²) in [4.78, 5) is 15.2. The maximum absolute atomic E-state index is 12.8. The van der Waals surface area contributed by atoms with Crippen molar-refractivity contribution < 1.29 is 9.90 Å². The van der Waals surface area contributed by atoms with E-state index in [1.165, 1.54) is 16.7 Å². The molecule has 4 nitrogen and oxygen atoms in total. The molecule has 0 bridgehead atoms. The van der Waals surface area contributed by atoms with E-state index in [0.29, 0.717) is 12.3 Å². The highest BCUT2D eigenvalue weighted by atomic mass is 16.3. The molecular formula is C28H30N2O2. The predicted molar refractivity (Wildman–Crippen MR) is 130 cm³/mol. The fourth-order valence-electron chi connectivity index (χ4n) is 4.18. The lowest BCUT2D eigenvalue weighted by molar-refractivity contribution is 0.0952. The zero-order valence-corrected chi connectivity index (χ0v) is 18.3. The summed E-state index contributed by atoms with van der Waals surface area (Å²) in [5, 5.41) is 12.8. The Kier molecular flexibility index (Phi) is 7.36. The summed E-state index contributed by atoms with van der Waals surface area (Å²) in [5.41, 5.74) is 5.50. The third-order valence-electron chi connectivity index (χ3n) is 5.95. The lowest BCUT2D eigenvalue weighted by Crippen LogP contribution is -2.29. The van der Waals surface area contributed by atoms with E-state index in [9.17, 15) is 9.90 Å². The Bertz CT molecular complexity index is 1080. The van der Waals surface area contributed by atoms with Crippen LogP contribution in [0, 0.1) is 0 Å². The Labute approximate surface area is 190 Å². The standard InChI is InChI=1S/C28H30N2O2/c31-26-14-13-23-15-18-30(19-16-24(23)20-26)21-25-11-4-5-12-27(25)28(32)29-17-7-6-10-22-8-2-1-3-9-22/h1-6,8-14,20,31H,7,15-19,21H2,(H,29,32). The van der Waals surface area contributed by atoms with Crippen LogP contribution < -0.4 is 5.32 Å². The first kappa shape index (κ1) is 21.8. The van der Waals surface area contributed by atoms with Gasteiger partial charge in [-0.1, -0.05) is 66.7 Å². The van der Waals surface area contributed by atoms with Crippen LogP contribution in [0.3, 0.4) is 0 Å². The van der Waals surface area contributed by atoms with Gasteiger partial charge in [-0.15, -0.1) is 0 Å². The number of carbonyl (C=O) groups is 1. The molecule has 32 heavy (non-hydrogen) atoms. The Morgan fingerprint density at radius 3 is 2.53 bits per heavy atom. The number of hydrogen-bond donors (Lipinski definition) is 2. The molecule has 1 aliphatic rings. The lowest BCUT2D eigenvalue weighted by Gasteiger charge is -2.21. The normalized spacial score (nSPS) is 14.1. The molecule has 3 aromatic carbocycles. The summed E-state index contributed by atoms with van der Waals surface area (Å²) in [6.07, 6.45) is 6.83. The fourth-order valence-corrected chi connectivity index (χ4v) is 4.18. The predicted octanol–water partition coefficient (Wildman–Crippen LogP) is 4.83. The highest BCUT2D eigenvalue weighted by Crippen LogP contribution is 2.22. The molecule has 0 aliphatic carbocycles. The van der Waals surface area contributed by atoms with Crippen LogP contribution >= 0.6 is 0 Å². The van der Waals surface area contributed by atoms with E-state index >= 15 is 0 Å². The number of carbonyl (C=O) groups excluding carboxylic acids is 1. The van der Waals surface area contributed by atoms with E-state index < -0.39 is 0 Å². The van der Waals surface area contributed by atoms with E-state index in [-0.39, 0.29) is 5.91 Å². The lowest BCUT2D eigenvalue weighted by atomic mass is 10.0. The molecular weight excluding hydrogens is 396 g/mol. The van der Waals surface area contributed by atoms with E-state index in [0.717, 1.165) is 50.0 Å². The van der Waals surface area contributed by atoms with Crippen molar-refractivity contribution >= 4 is 12.0 Å². The molecule has 0 radical (unpaired) electrons. The van der Waals surface area contributed by atoms with Crippen molar-refractivity contribution in [2.45, 2.75) is 25.8 Å². The van der Waals surface area contributed by atoms with Gasteiger partial charge in [0.2, 0.25) is 0 Å². The molecule has 0 saturated heterocycles. The Morgan fingerprint density at radius 2 is 1.69 bits per heavy atom. The first-order valence-corrected chi connectivity index (χ1v) is 11.3. The number of hydrogen-bond acceptors (Lipinski definition) is 3. The van der Waals surface area contributed by atoms with Crippen LogP contribution in [0.25, 0.3) is 6.08 Å². The first-order valence-electron chi connectivity index (χ1n) is 11.3. The fraction of sp³-hybridized carbons (Fsp3) is 0.250. The van der Waals surface area contributed by atoms with Gasteiger partial charge < -0.3 is 10.4 Å². The van der Waals surface area contributed by atoms with Crippen molar-refractivity contribution in [1.82, 2.24) is 10.2 Å². The van der Waals surface area contributed by atoms with Crippen molar-refractivity contribution in [1.29, 1.82) is 0 Å². The van der Waals surface area contributed by atoms with Gasteiger partial charge in [-0.05, 0) is 59.7 Å². The minimum atomic E-state index is -0.0169. The van der Waals surface area contributed by atoms with Crippen LogP contribution in [0.1, 0.15) is 39.0 Å². The monoisotopic (exact) mass is 426 g/mol. The minimum absolute atomic E-state index is 0.0169. The molecule has 0 saturated carbocycles. The summed E-state index contributed by atoms with van der Waals surface area (Å²) in [5.74, 6) is 0.314. The van der Waals surface area contributed by atoms with Crippen LogP contribution in [0.2, 0.25) is 0 Å². The number of fused-ring (bicyclic) bond motifs is 1. The van der Waals surface area contributed by atoms with Gasteiger partial charge in [0.1, 0.15) is 5.75 Å². The average Bonchev–Trinajstić information content (AvgIpc) is 3.01. The summed E-state index contributed by atoms with van der Waals surface area (Å²) in [6.45, 7) is 3.21. The SMILES string of the molecule is O=C(NCCC=Cc1ccccc1)c1ccccc1CN1CCc2ccc(O)cc2CC1. The van der Waals surface area contributed by atoms with Gasteiger partial charge >= 0.3 is 0 Å². The van der Waals surface area contributed by atoms with Crippen molar-refractivity contribution in [3.05, 3.63) is 107 Å². The quantitative estimate of drug-likeness (QED) is 0.532. The third kappa shape index (κ3) is 5.86. The topological polar surface area (TPSA) is 52.6 Å². The van der Waals surface area contributed by atoms with Gasteiger partial charge in [0.25, 0.3) is 5.91 Å². The molecule has 4 heteroatoms. The molecule has 1 amide bonds. The summed E-state index contributed by atoms with van der Waals surface area (Å²) >= 11 is 0. The second-order valence-corrected chi connectivity index (χ2v) is 8.24. The molecule has 1 aliphatic heterocycles. The second-order valence-electron chi connectivity index (χ2n) is 8.24. The van der Waals surface area contributed by atoms with Crippen LogP contribution in [0.5, 0.6) is 5.75 Å². The number of benzene rings is 3. The number of rotatable bonds is 7. The van der Waals surface area contributed by atoms with Crippen molar-refractivity contribution in [3.63, 3.8) is 0 Å². The van der Waals surface area contributed by atoms with Gasteiger partial charge in [-0.2, -0.15) is 0 Å². The van der Waals surface area contributed by atoms with E-state index in [1.54, 1.807) is 6.07 Å². The molecule has 0 aromatic heterocycles. The summed E-state index contributed by atoms with van der Waals surface area (Å²) < 4.78 is 0. The molecule has 4 rings (SSSR count). The Morgan fingerprint density at radius 1 is 0.938 bits per heavy atom. The van der Waals surface area contributed by atoms with Crippen molar-refractivity contribution in [2.24, 2.45) is 0 Å². The van der Waals surface area contributed by atoms with E-state index in [4.69, 9.17) is 0 Å². The van der Waals surface area contributed by atoms with Crippen molar-refractivity contribution in [2.75, 3.05) is 19.6 Å². The molecule has 3 aromatic rings. The van der Waals surface area contributed by atoms with Gasteiger partial charge in [0.05, 0.1) is 0 Å². The molecule has 1 heterocycles. The maximum Gasteiger partial charge on any atom is 0.251 e. The smallest absolute Gasteiger partial charge is 0.251 e. The Balaban J connectivity index is 1.32. The minimum Gasteiger partial charge on any atom is -0.508 e. The van der Waals surface area contributed by atoms with Crippen LogP contribution in [0.4, 0.5) is 0 Å². The molecule has 0 atom stereocenters. The summed E-state index contributed by atoms with van der Waals surface area (Å²) in [7, 11) is 0. The number of nitrogens with zero attached hydrogens (tertiary/aromatic N) is 1. The molecule has 164 valence electrons. The third-order valence-corrected chi connectivity index (χ3v) is 5.95. The van der Waals surface area contributed by atoms with Crippen LogP contribution in [-0.4, -0.2) is 35.5 Å². The van der Waals surface area contributed by atoms with Gasteiger partial charge in [0, 0.05) is 31.7 Å². The Hall–Kier alpha value is -3.37. The second kappa shape index (κ2) is 10.8. The highest BCUT2D eigenvalue weighted by Gasteiger charge is 2.17. The van der Waals surface area contributed by atoms with E-state index in [1.807, 2.05) is 54.6 Å².